The molecule has 0 saturated heterocycles. The number of thioether (sulfide) groups is 1. The van der Waals surface area contributed by atoms with Gasteiger partial charge in [-0.05, 0) is 20.3 Å². The molecule has 2 heterocycles. The Morgan fingerprint density at radius 3 is 2.58 bits per heavy atom. The van der Waals surface area contributed by atoms with E-state index in [1.54, 1.807) is 0 Å². The van der Waals surface area contributed by atoms with Crippen molar-refractivity contribution >= 4 is 11.8 Å². The van der Waals surface area contributed by atoms with Gasteiger partial charge >= 0.3 is 0 Å². The number of aryl methyl sites for hydroxylation is 2. The summed E-state index contributed by atoms with van der Waals surface area (Å²) in [4.78, 5) is 23.5. The molecule has 3 aromatic rings. The summed E-state index contributed by atoms with van der Waals surface area (Å²) in [6.45, 7) is 5.82. The largest absolute Gasteiger partial charge is 0.338 e. The molecule has 0 aliphatic heterocycles. The summed E-state index contributed by atoms with van der Waals surface area (Å²) in [6.07, 6.45) is 0.669. The quantitative estimate of drug-likeness (QED) is 0.566. The summed E-state index contributed by atoms with van der Waals surface area (Å²) in [7, 11) is 0. The van der Waals surface area contributed by atoms with Gasteiger partial charge in [-0.15, -0.1) is 0 Å². The second kappa shape index (κ2) is 7.00. The summed E-state index contributed by atoms with van der Waals surface area (Å²) in [6, 6.07) is 7.94. The number of rotatable bonds is 5. The standard InChI is InChI=1S/C17H18N4O2S/c1-4-13-11(3)18-17(20-16(13)22)24-9-14-19-15(21-23-14)12-7-5-10(2)6-8-12/h5-8H,4,9H2,1-3H3,(H,18,20,22). The normalized spacial score (nSPS) is 11.0. The van der Waals surface area contributed by atoms with Crippen molar-refractivity contribution in [1.82, 2.24) is 20.1 Å². The highest BCUT2D eigenvalue weighted by atomic mass is 32.2. The Hall–Kier alpha value is -2.41. The molecule has 3 rings (SSSR count). The Labute approximate surface area is 143 Å². The first kappa shape index (κ1) is 16.4. The molecule has 1 aromatic carbocycles. The van der Waals surface area contributed by atoms with Gasteiger partial charge in [0, 0.05) is 16.8 Å². The third-order valence-electron chi connectivity index (χ3n) is 3.66. The molecule has 0 aliphatic rings. The molecule has 7 heteroatoms. The highest BCUT2D eigenvalue weighted by Crippen LogP contribution is 2.21. The number of aromatic amines is 1. The number of hydrogen-bond acceptors (Lipinski definition) is 6. The second-order valence-corrected chi connectivity index (χ2v) is 6.42. The zero-order valence-corrected chi connectivity index (χ0v) is 14.6. The van der Waals surface area contributed by atoms with Crippen molar-refractivity contribution in [1.29, 1.82) is 0 Å². The van der Waals surface area contributed by atoms with Crippen molar-refractivity contribution in [2.75, 3.05) is 0 Å². The van der Waals surface area contributed by atoms with E-state index in [0.717, 1.165) is 16.8 Å². The molecule has 6 nitrogen and oxygen atoms in total. The lowest BCUT2D eigenvalue weighted by molar-refractivity contribution is 0.391. The summed E-state index contributed by atoms with van der Waals surface area (Å²) >= 11 is 1.37. The lowest BCUT2D eigenvalue weighted by Gasteiger charge is -2.03. The van der Waals surface area contributed by atoms with E-state index in [1.807, 2.05) is 45.0 Å². The maximum Gasteiger partial charge on any atom is 0.254 e. The molecule has 0 saturated carbocycles. The van der Waals surface area contributed by atoms with Crippen LogP contribution in [0.4, 0.5) is 0 Å². The van der Waals surface area contributed by atoms with Crippen LogP contribution in [-0.4, -0.2) is 20.1 Å². The van der Waals surface area contributed by atoms with Crippen LogP contribution in [0.2, 0.25) is 0 Å². The van der Waals surface area contributed by atoms with E-state index in [1.165, 1.54) is 17.3 Å². The van der Waals surface area contributed by atoms with Crippen molar-refractivity contribution < 1.29 is 4.52 Å². The zero-order chi connectivity index (χ0) is 17.1. The number of hydrogen-bond donors (Lipinski definition) is 1. The minimum atomic E-state index is -0.0848. The molecule has 2 aromatic heterocycles. The van der Waals surface area contributed by atoms with Gasteiger partial charge in [-0.1, -0.05) is 53.7 Å². The van der Waals surface area contributed by atoms with Crippen molar-refractivity contribution in [3.63, 3.8) is 0 Å². The van der Waals surface area contributed by atoms with Crippen molar-refractivity contribution in [3.05, 3.63) is 57.3 Å². The fourth-order valence-corrected chi connectivity index (χ4v) is 3.08. The van der Waals surface area contributed by atoms with Crippen molar-refractivity contribution in [2.45, 2.75) is 38.1 Å². The van der Waals surface area contributed by atoms with Crippen LogP contribution in [0.15, 0.2) is 38.7 Å². The number of nitrogens with one attached hydrogen (secondary N) is 1. The van der Waals surface area contributed by atoms with Gasteiger partial charge in [0.2, 0.25) is 11.7 Å². The van der Waals surface area contributed by atoms with Crippen LogP contribution >= 0.6 is 11.8 Å². The summed E-state index contributed by atoms with van der Waals surface area (Å²) in [5.41, 5.74) is 3.49. The summed E-state index contributed by atoms with van der Waals surface area (Å²) < 4.78 is 5.27. The SMILES string of the molecule is CCc1c(C)nc(SCc2nc(-c3ccc(C)cc3)no2)[nH]c1=O. The molecule has 124 valence electrons. The topological polar surface area (TPSA) is 84.7 Å². The van der Waals surface area contributed by atoms with Crippen LogP contribution in [0.1, 0.15) is 29.6 Å². The Morgan fingerprint density at radius 2 is 1.92 bits per heavy atom. The van der Waals surface area contributed by atoms with E-state index in [9.17, 15) is 4.79 Å². The number of H-pyrrole nitrogens is 1. The lowest BCUT2D eigenvalue weighted by atomic mass is 10.1. The molecule has 0 atom stereocenters. The van der Waals surface area contributed by atoms with Gasteiger partial charge in [0.05, 0.1) is 5.75 Å². The molecule has 0 fully saturated rings. The van der Waals surface area contributed by atoms with Gasteiger partial charge in [0.1, 0.15) is 0 Å². The van der Waals surface area contributed by atoms with Gasteiger partial charge in [-0.3, -0.25) is 4.79 Å². The zero-order valence-electron chi connectivity index (χ0n) is 13.8. The number of aromatic nitrogens is 4. The predicted octanol–water partition coefficient (Wildman–Crippen LogP) is 3.29. The van der Waals surface area contributed by atoms with E-state index >= 15 is 0 Å². The Morgan fingerprint density at radius 1 is 1.17 bits per heavy atom. The molecule has 24 heavy (non-hydrogen) atoms. The molecular weight excluding hydrogens is 324 g/mol. The highest BCUT2D eigenvalue weighted by molar-refractivity contribution is 7.98. The first-order valence-electron chi connectivity index (χ1n) is 7.69. The van der Waals surface area contributed by atoms with Crippen LogP contribution in [0.5, 0.6) is 0 Å². The third kappa shape index (κ3) is 3.56. The average Bonchev–Trinajstić information content (AvgIpc) is 3.02. The van der Waals surface area contributed by atoms with Gasteiger partial charge in [-0.25, -0.2) is 4.98 Å². The van der Waals surface area contributed by atoms with E-state index in [0.29, 0.717) is 29.0 Å². The molecule has 0 amide bonds. The van der Waals surface area contributed by atoms with Gasteiger partial charge in [0.15, 0.2) is 5.16 Å². The predicted molar refractivity (Wildman–Crippen MR) is 93.0 cm³/mol. The Balaban J connectivity index is 1.72. The second-order valence-electron chi connectivity index (χ2n) is 5.46. The van der Waals surface area contributed by atoms with Crippen LogP contribution in [-0.2, 0) is 12.2 Å². The average molecular weight is 342 g/mol. The minimum absolute atomic E-state index is 0.0848. The fraction of sp³-hybridized carbons (Fsp3) is 0.294. The minimum Gasteiger partial charge on any atom is -0.338 e. The van der Waals surface area contributed by atoms with E-state index in [-0.39, 0.29) is 5.56 Å². The lowest BCUT2D eigenvalue weighted by Crippen LogP contribution is -2.16. The van der Waals surface area contributed by atoms with Crippen molar-refractivity contribution in [2.24, 2.45) is 0 Å². The van der Waals surface area contributed by atoms with Crippen LogP contribution in [0, 0.1) is 13.8 Å². The molecule has 0 unspecified atom stereocenters. The molecule has 0 radical (unpaired) electrons. The van der Waals surface area contributed by atoms with Crippen LogP contribution in [0.25, 0.3) is 11.4 Å². The van der Waals surface area contributed by atoms with Gasteiger partial charge in [-0.2, -0.15) is 4.98 Å². The number of benzene rings is 1. The molecule has 0 aliphatic carbocycles. The van der Waals surface area contributed by atoms with Gasteiger partial charge < -0.3 is 9.51 Å². The highest BCUT2D eigenvalue weighted by Gasteiger charge is 2.11. The third-order valence-corrected chi connectivity index (χ3v) is 4.52. The maximum atomic E-state index is 12.0. The molecule has 0 bridgehead atoms. The Kier molecular flexibility index (Phi) is 4.80. The fourth-order valence-electron chi connectivity index (χ4n) is 2.33. The first-order chi connectivity index (χ1) is 11.6. The Bertz CT molecular complexity index is 900. The van der Waals surface area contributed by atoms with Gasteiger partial charge in [0.25, 0.3) is 5.56 Å². The summed E-state index contributed by atoms with van der Waals surface area (Å²) in [5, 5.41) is 4.56. The monoisotopic (exact) mass is 342 g/mol. The van der Waals surface area contributed by atoms with Crippen LogP contribution in [0.3, 0.4) is 0 Å². The molecule has 1 N–H and O–H groups in total. The molecule has 0 spiro atoms. The van der Waals surface area contributed by atoms with E-state index in [4.69, 9.17) is 4.52 Å². The van der Waals surface area contributed by atoms with Crippen LogP contribution < -0.4 is 5.56 Å². The van der Waals surface area contributed by atoms with E-state index in [2.05, 4.69) is 20.1 Å². The first-order valence-corrected chi connectivity index (χ1v) is 8.67. The summed E-state index contributed by atoms with van der Waals surface area (Å²) in [5.74, 6) is 1.51. The maximum absolute atomic E-state index is 12.0. The van der Waals surface area contributed by atoms with E-state index < -0.39 is 0 Å². The molecular formula is C17H18N4O2S. The number of nitrogens with zero attached hydrogens (tertiary/aromatic N) is 3. The smallest absolute Gasteiger partial charge is 0.254 e. The van der Waals surface area contributed by atoms with Crippen molar-refractivity contribution in [3.8, 4) is 11.4 Å².